The Morgan fingerprint density at radius 1 is 1.18 bits per heavy atom. The van der Waals surface area contributed by atoms with E-state index in [1.807, 2.05) is 31.2 Å². The van der Waals surface area contributed by atoms with E-state index in [0.717, 1.165) is 5.56 Å². The molecule has 0 fully saturated rings. The van der Waals surface area contributed by atoms with Gasteiger partial charge in [0.05, 0.1) is 17.7 Å². The van der Waals surface area contributed by atoms with Crippen LogP contribution in [0.4, 0.5) is 16.2 Å². The number of anilines is 1. The van der Waals surface area contributed by atoms with E-state index < -0.39 is 11.0 Å². The fourth-order valence-corrected chi connectivity index (χ4v) is 2.42. The SMILES string of the molecule is CC=Cc1ccc(OCCOC(=O)Nc2ccc(C)c([N+](=O)[O-])c2)c(OC)c1. The number of carbonyl (C=O) groups excluding carboxylic acids is 1. The summed E-state index contributed by atoms with van der Waals surface area (Å²) in [4.78, 5) is 22.3. The number of allylic oxidation sites excluding steroid dienone is 1. The molecule has 0 heterocycles. The van der Waals surface area contributed by atoms with Crippen LogP contribution < -0.4 is 14.8 Å². The summed E-state index contributed by atoms with van der Waals surface area (Å²) in [6.07, 6.45) is 3.14. The highest BCUT2D eigenvalue weighted by Gasteiger charge is 2.13. The number of nitrogens with one attached hydrogen (secondary N) is 1. The Balaban J connectivity index is 1.85. The minimum Gasteiger partial charge on any atom is -0.493 e. The number of nitro benzene ring substituents is 1. The Bertz CT molecular complexity index is 879. The van der Waals surface area contributed by atoms with Gasteiger partial charge in [0, 0.05) is 11.6 Å². The molecule has 2 aromatic carbocycles. The Morgan fingerprint density at radius 2 is 1.96 bits per heavy atom. The Labute approximate surface area is 162 Å². The first kappa shape index (κ1) is 20.8. The molecular weight excluding hydrogens is 364 g/mol. The topological polar surface area (TPSA) is 99.9 Å². The molecule has 0 aliphatic rings. The number of nitrogens with zero attached hydrogens (tertiary/aromatic N) is 1. The van der Waals surface area contributed by atoms with E-state index in [1.54, 1.807) is 32.2 Å². The molecule has 0 saturated carbocycles. The number of methoxy groups -OCH3 is 1. The number of aryl methyl sites for hydroxylation is 1. The van der Waals surface area contributed by atoms with Crippen LogP contribution in [0.2, 0.25) is 0 Å². The standard InChI is InChI=1S/C20H22N2O6/c1-4-5-15-7-9-18(19(12-15)26-3)27-10-11-28-20(23)21-16-8-6-14(2)17(13-16)22(24)25/h4-9,12-13H,10-11H2,1-3H3,(H,21,23). The first-order valence-corrected chi connectivity index (χ1v) is 8.57. The highest BCUT2D eigenvalue weighted by atomic mass is 16.6. The summed E-state index contributed by atoms with van der Waals surface area (Å²) < 4.78 is 15.9. The number of hydrogen-bond acceptors (Lipinski definition) is 6. The van der Waals surface area contributed by atoms with Crippen molar-refractivity contribution in [3.63, 3.8) is 0 Å². The van der Waals surface area contributed by atoms with E-state index >= 15 is 0 Å². The summed E-state index contributed by atoms with van der Waals surface area (Å²) in [6, 6.07) is 9.91. The highest BCUT2D eigenvalue weighted by molar-refractivity contribution is 5.85. The first-order valence-electron chi connectivity index (χ1n) is 8.57. The van der Waals surface area contributed by atoms with Gasteiger partial charge >= 0.3 is 6.09 Å². The molecule has 1 N–H and O–H groups in total. The molecule has 0 spiro atoms. The summed E-state index contributed by atoms with van der Waals surface area (Å²) in [7, 11) is 1.55. The third-order valence-electron chi connectivity index (χ3n) is 3.77. The lowest BCUT2D eigenvalue weighted by molar-refractivity contribution is -0.385. The Morgan fingerprint density at radius 3 is 2.64 bits per heavy atom. The van der Waals surface area contributed by atoms with Gasteiger partial charge in [-0.2, -0.15) is 0 Å². The normalized spacial score (nSPS) is 10.5. The van der Waals surface area contributed by atoms with E-state index in [9.17, 15) is 14.9 Å². The van der Waals surface area contributed by atoms with Crippen LogP contribution in [0.1, 0.15) is 18.1 Å². The number of ether oxygens (including phenoxy) is 3. The second-order valence-electron chi connectivity index (χ2n) is 5.78. The quantitative estimate of drug-likeness (QED) is 0.405. The average Bonchev–Trinajstić information content (AvgIpc) is 2.67. The minimum absolute atomic E-state index is 0.000440. The highest BCUT2D eigenvalue weighted by Crippen LogP contribution is 2.28. The summed E-state index contributed by atoms with van der Waals surface area (Å²) in [5.41, 5.74) is 1.69. The van der Waals surface area contributed by atoms with Crippen molar-refractivity contribution in [2.45, 2.75) is 13.8 Å². The molecule has 1 amide bonds. The second-order valence-corrected chi connectivity index (χ2v) is 5.78. The molecule has 8 heteroatoms. The predicted octanol–water partition coefficient (Wildman–Crippen LogP) is 4.57. The van der Waals surface area contributed by atoms with Crippen LogP contribution in [0.3, 0.4) is 0 Å². The number of hydrogen-bond donors (Lipinski definition) is 1. The molecule has 0 atom stereocenters. The average molecular weight is 386 g/mol. The maximum Gasteiger partial charge on any atom is 0.411 e. The maximum atomic E-state index is 11.8. The van der Waals surface area contributed by atoms with Crippen molar-refractivity contribution < 1.29 is 23.9 Å². The fourth-order valence-electron chi connectivity index (χ4n) is 2.42. The molecule has 0 bridgehead atoms. The third-order valence-corrected chi connectivity index (χ3v) is 3.77. The third kappa shape index (κ3) is 5.73. The van der Waals surface area contributed by atoms with Gasteiger partial charge in [-0.05, 0) is 37.6 Å². The summed E-state index contributed by atoms with van der Waals surface area (Å²) >= 11 is 0. The van der Waals surface area contributed by atoms with Crippen LogP contribution in [0.25, 0.3) is 6.08 Å². The van der Waals surface area contributed by atoms with Gasteiger partial charge in [0.25, 0.3) is 5.69 Å². The van der Waals surface area contributed by atoms with Crippen molar-refractivity contribution in [1.29, 1.82) is 0 Å². The molecule has 148 valence electrons. The number of amides is 1. The summed E-state index contributed by atoms with van der Waals surface area (Å²) in [6.45, 7) is 3.67. The molecule has 0 aliphatic heterocycles. The van der Waals surface area contributed by atoms with Gasteiger partial charge in [0.15, 0.2) is 11.5 Å². The van der Waals surface area contributed by atoms with Crippen LogP contribution in [0.15, 0.2) is 42.5 Å². The minimum atomic E-state index is -0.725. The van der Waals surface area contributed by atoms with Crippen LogP contribution in [-0.4, -0.2) is 31.3 Å². The predicted molar refractivity (Wildman–Crippen MR) is 106 cm³/mol. The van der Waals surface area contributed by atoms with Gasteiger partial charge in [-0.3, -0.25) is 15.4 Å². The molecule has 0 saturated heterocycles. The lowest BCUT2D eigenvalue weighted by Crippen LogP contribution is -2.17. The molecular formula is C20H22N2O6. The van der Waals surface area contributed by atoms with Crippen molar-refractivity contribution in [2.24, 2.45) is 0 Å². The molecule has 0 radical (unpaired) electrons. The number of rotatable bonds is 8. The zero-order chi connectivity index (χ0) is 20.5. The Kier molecular flexibility index (Phi) is 7.38. The number of benzene rings is 2. The molecule has 2 rings (SSSR count). The molecule has 0 unspecified atom stereocenters. The number of nitro groups is 1. The van der Waals surface area contributed by atoms with Crippen molar-refractivity contribution in [1.82, 2.24) is 0 Å². The lowest BCUT2D eigenvalue weighted by atomic mass is 10.2. The molecule has 2 aromatic rings. The zero-order valence-corrected chi connectivity index (χ0v) is 15.9. The van der Waals surface area contributed by atoms with Gasteiger partial charge in [-0.25, -0.2) is 4.79 Å². The van der Waals surface area contributed by atoms with Crippen LogP contribution in [0.5, 0.6) is 11.5 Å². The second kappa shape index (κ2) is 9.96. The van der Waals surface area contributed by atoms with Gasteiger partial charge in [0.1, 0.15) is 13.2 Å². The van der Waals surface area contributed by atoms with E-state index in [1.165, 1.54) is 6.07 Å². The lowest BCUT2D eigenvalue weighted by Gasteiger charge is -2.12. The van der Waals surface area contributed by atoms with Crippen molar-refractivity contribution in [2.75, 3.05) is 25.6 Å². The smallest absolute Gasteiger partial charge is 0.411 e. The van der Waals surface area contributed by atoms with Crippen molar-refractivity contribution >= 4 is 23.5 Å². The first-order chi connectivity index (χ1) is 13.4. The monoisotopic (exact) mass is 386 g/mol. The summed E-state index contributed by atoms with van der Waals surface area (Å²) in [5.74, 6) is 1.11. The van der Waals surface area contributed by atoms with E-state index in [4.69, 9.17) is 14.2 Å². The Hall–Kier alpha value is -3.55. The van der Waals surface area contributed by atoms with E-state index in [-0.39, 0.29) is 24.6 Å². The summed E-state index contributed by atoms with van der Waals surface area (Å²) in [5, 5.41) is 13.4. The largest absolute Gasteiger partial charge is 0.493 e. The molecule has 0 aromatic heterocycles. The van der Waals surface area contributed by atoms with Gasteiger partial charge in [0.2, 0.25) is 0 Å². The maximum absolute atomic E-state index is 11.8. The van der Waals surface area contributed by atoms with Crippen molar-refractivity contribution in [3.05, 3.63) is 63.7 Å². The molecule has 28 heavy (non-hydrogen) atoms. The zero-order valence-electron chi connectivity index (χ0n) is 15.9. The van der Waals surface area contributed by atoms with Gasteiger partial charge in [-0.1, -0.05) is 24.3 Å². The van der Waals surface area contributed by atoms with Gasteiger partial charge < -0.3 is 14.2 Å². The molecule has 8 nitrogen and oxygen atoms in total. The molecule has 0 aliphatic carbocycles. The number of carbonyl (C=O) groups is 1. The van der Waals surface area contributed by atoms with E-state index in [2.05, 4.69) is 5.32 Å². The van der Waals surface area contributed by atoms with Gasteiger partial charge in [-0.15, -0.1) is 0 Å². The van der Waals surface area contributed by atoms with Crippen LogP contribution >= 0.6 is 0 Å². The van der Waals surface area contributed by atoms with Crippen LogP contribution in [-0.2, 0) is 4.74 Å². The fraction of sp³-hybridized carbons (Fsp3) is 0.250. The van der Waals surface area contributed by atoms with Crippen LogP contribution in [0, 0.1) is 17.0 Å². The van der Waals surface area contributed by atoms with E-state index in [0.29, 0.717) is 17.1 Å². The van der Waals surface area contributed by atoms with Crippen molar-refractivity contribution in [3.8, 4) is 11.5 Å².